The van der Waals surface area contributed by atoms with Crippen LogP contribution in [-0.2, 0) is 17.8 Å². The van der Waals surface area contributed by atoms with Crippen molar-refractivity contribution in [2.24, 2.45) is 0 Å². The Morgan fingerprint density at radius 3 is 2.28 bits per heavy atom. The summed E-state index contributed by atoms with van der Waals surface area (Å²) in [6.07, 6.45) is 2.01. The lowest BCUT2D eigenvalue weighted by Crippen LogP contribution is -2.30. The van der Waals surface area contributed by atoms with Gasteiger partial charge >= 0.3 is 12.0 Å². The molecule has 0 unspecified atom stereocenters. The molecule has 8 heteroatoms. The molecule has 0 radical (unpaired) electrons. The van der Waals surface area contributed by atoms with E-state index in [-0.39, 0.29) is 6.03 Å². The molecule has 2 aromatic carbocycles. The predicted octanol–water partition coefficient (Wildman–Crippen LogP) is 3.72. The van der Waals surface area contributed by atoms with Gasteiger partial charge in [0.25, 0.3) is 0 Å². The molecule has 2 amide bonds. The second-order valence-corrected chi connectivity index (χ2v) is 7.61. The number of carbonyl (C=O) groups is 2. The van der Waals surface area contributed by atoms with Crippen LogP contribution in [0.4, 0.5) is 16.3 Å². The summed E-state index contributed by atoms with van der Waals surface area (Å²) in [6.45, 7) is 1.87. The molecular weight excluding hydrogens is 406 g/mol. The van der Waals surface area contributed by atoms with Gasteiger partial charge in [-0.15, -0.1) is 0 Å². The Morgan fingerprint density at radius 2 is 1.66 bits per heavy atom. The molecule has 0 spiro atoms. The Bertz CT molecular complexity index is 1070. The molecule has 166 valence electrons. The number of nitrogens with zero attached hydrogens (tertiary/aromatic N) is 4. The highest BCUT2D eigenvalue weighted by Gasteiger charge is 2.13. The fraction of sp³-hybridized carbons (Fsp3) is 0.250. The monoisotopic (exact) mass is 433 g/mol. The first-order chi connectivity index (χ1) is 15.3. The summed E-state index contributed by atoms with van der Waals surface area (Å²) in [7, 11) is 5.41. The van der Waals surface area contributed by atoms with Gasteiger partial charge in [0.1, 0.15) is 5.82 Å². The van der Waals surface area contributed by atoms with Crippen molar-refractivity contribution in [3.8, 4) is 5.75 Å². The van der Waals surface area contributed by atoms with E-state index in [4.69, 9.17) is 4.74 Å². The largest absolute Gasteiger partial charge is 0.421 e. The molecule has 1 heterocycles. The molecule has 1 aromatic heterocycles. The maximum Gasteiger partial charge on any atom is 0.321 e. The maximum atomic E-state index is 12.5. The Balaban J connectivity index is 1.62. The molecule has 3 aromatic rings. The summed E-state index contributed by atoms with van der Waals surface area (Å²) in [4.78, 5) is 36.0. The molecule has 0 bridgehead atoms. The van der Waals surface area contributed by atoms with Crippen molar-refractivity contribution >= 4 is 23.5 Å². The van der Waals surface area contributed by atoms with Gasteiger partial charge < -0.3 is 19.9 Å². The molecule has 0 fully saturated rings. The second kappa shape index (κ2) is 10.4. The zero-order chi connectivity index (χ0) is 23.1. The number of urea groups is 1. The first-order valence-corrected chi connectivity index (χ1v) is 10.2. The van der Waals surface area contributed by atoms with E-state index in [1.807, 2.05) is 68.7 Å². The molecule has 0 aliphatic heterocycles. The van der Waals surface area contributed by atoms with Gasteiger partial charge in [-0.05, 0) is 23.3 Å². The van der Waals surface area contributed by atoms with E-state index in [1.165, 1.54) is 13.1 Å². The minimum absolute atomic E-state index is 0.179. The fourth-order valence-corrected chi connectivity index (χ4v) is 3.07. The molecule has 0 aliphatic rings. The maximum absolute atomic E-state index is 12.5. The van der Waals surface area contributed by atoms with Crippen molar-refractivity contribution in [3.63, 3.8) is 0 Å². The zero-order valence-corrected chi connectivity index (χ0v) is 18.7. The Kier molecular flexibility index (Phi) is 7.38. The van der Waals surface area contributed by atoms with Crippen LogP contribution in [0, 0.1) is 0 Å². The normalized spacial score (nSPS) is 10.4. The number of aromatic nitrogens is 2. The minimum atomic E-state index is -0.420. The van der Waals surface area contributed by atoms with Crippen LogP contribution in [0.3, 0.4) is 0 Å². The van der Waals surface area contributed by atoms with Gasteiger partial charge in [-0.1, -0.05) is 42.5 Å². The molecule has 0 saturated carbocycles. The number of hydrogen-bond acceptors (Lipinski definition) is 6. The second-order valence-electron chi connectivity index (χ2n) is 7.61. The van der Waals surface area contributed by atoms with Gasteiger partial charge in [0.05, 0.1) is 6.20 Å². The Labute approximate surface area is 187 Å². The third-order valence-corrected chi connectivity index (χ3v) is 4.64. The molecule has 0 saturated heterocycles. The van der Waals surface area contributed by atoms with Crippen LogP contribution in [0.15, 0.2) is 60.8 Å². The van der Waals surface area contributed by atoms with Gasteiger partial charge in [-0.2, -0.15) is 0 Å². The number of amides is 2. The third-order valence-electron chi connectivity index (χ3n) is 4.64. The van der Waals surface area contributed by atoms with Gasteiger partial charge in [0, 0.05) is 46.7 Å². The first kappa shape index (κ1) is 22.7. The molecule has 3 rings (SSSR count). The van der Waals surface area contributed by atoms with E-state index in [0.29, 0.717) is 36.0 Å². The van der Waals surface area contributed by atoms with E-state index in [0.717, 1.165) is 11.1 Å². The Hall–Kier alpha value is -3.94. The summed E-state index contributed by atoms with van der Waals surface area (Å²) in [6, 6.07) is 17.2. The van der Waals surface area contributed by atoms with Crippen LogP contribution in [-0.4, -0.2) is 48.0 Å². The SMILES string of the molecule is CC(=O)Oc1cnc(Cc2ccc(NC(=O)N(C)Cc3ccccc3)cc2)nc1N(C)C. The van der Waals surface area contributed by atoms with Gasteiger partial charge in [-0.3, -0.25) is 4.79 Å². The van der Waals surface area contributed by atoms with Crippen molar-refractivity contribution in [1.29, 1.82) is 0 Å². The fourth-order valence-electron chi connectivity index (χ4n) is 3.07. The average molecular weight is 434 g/mol. The number of anilines is 2. The third kappa shape index (κ3) is 6.28. The number of rotatable bonds is 7. The summed E-state index contributed by atoms with van der Waals surface area (Å²) in [5, 5.41) is 2.90. The molecular formula is C24H27N5O3. The van der Waals surface area contributed by atoms with Crippen LogP contribution in [0.25, 0.3) is 0 Å². The number of hydrogen-bond donors (Lipinski definition) is 1. The number of ether oxygens (including phenoxy) is 1. The number of nitrogens with one attached hydrogen (secondary N) is 1. The van der Waals surface area contributed by atoms with E-state index < -0.39 is 5.97 Å². The lowest BCUT2D eigenvalue weighted by Gasteiger charge is -2.18. The van der Waals surface area contributed by atoms with Gasteiger partial charge in [0.15, 0.2) is 11.6 Å². The topological polar surface area (TPSA) is 87.7 Å². The zero-order valence-electron chi connectivity index (χ0n) is 18.7. The molecule has 32 heavy (non-hydrogen) atoms. The van der Waals surface area contributed by atoms with E-state index in [9.17, 15) is 9.59 Å². The smallest absolute Gasteiger partial charge is 0.321 e. The van der Waals surface area contributed by atoms with Crippen LogP contribution in [0.1, 0.15) is 23.9 Å². The first-order valence-electron chi connectivity index (χ1n) is 10.2. The number of benzene rings is 2. The van der Waals surface area contributed by atoms with E-state index in [1.54, 1.807) is 16.8 Å². The molecule has 8 nitrogen and oxygen atoms in total. The van der Waals surface area contributed by atoms with Gasteiger partial charge in [-0.25, -0.2) is 14.8 Å². The lowest BCUT2D eigenvalue weighted by molar-refractivity contribution is -0.131. The van der Waals surface area contributed by atoms with Crippen molar-refractivity contribution in [2.45, 2.75) is 19.9 Å². The highest BCUT2D eigenvalue weighted by Crippen LogP contribution is 2.24. The summed E-state index contributed by atoms with van der Waals surface area (Å²) in [5.41, 5.74) is 2.77. The quantitative estimate of drug-likeness (QED) is 0.572. The lowest BCUT2D eigenvalue weighted by atomic mass is 10.1. The van der Waals surface area contributed by atoms with E-state index >= 15 is 0 Å². The van der Waals surface area contributed by atoms with Crippen molar-refractivity contribution < 1.29 is 14.3 Å². The highest BCUT2D eigenvalue weighted by atomic mass is 16.5. The molecule has 1 N–H and O–H groups in total. The van der Waals surface area contributed by atoms with Crippen LogP contribution < -0.4 is 15.0 Å². The standard InChI is InChI=1S/C24H27N5O3/c1-17(30)32-21-15-25-22(27-23(21)28(2)3)14-18-10-12-20(13-11-18)26-24(31)29(4)16-19-8-6-5-7-9-19/h5-13,15H,14,16H2,1-4H3,(H,26,31). The van der Waals surface area contributed by atoms with Crippen molar-refractivity contribution in [1.82, 2.24) is 14.9 Å². The highest BCUT2D eigenvalue weighted by molar-refractivity contribution is 5.89. The summed E-state index contributed by atoms with van der Waals surface area (Å²) in [5.74, 6) is 1.04. The van der Waals surface area contributed by atoms with Crippen molar-refractivity contribution in [2.75, 3.05) is 31.4 Å². The van der Waals surface area contributed by atoms with Crippen LogP contribution in [0.5, 0.6) is 5.75 Å². The summed E-state index contributed by atoms with van der Waals surface area (Å²) < 4.78 is 5.17. The minimum Gasteiger partial charge on any atom is -0.421 e. The molecule has 0 atom stereocenters. The predicted molar refractivity (Wildman–Crippen MR) is 124 cm³/mol. The van der Waals surface area contributed by atoms with E-state index in [2.05, 4.69) is 15.3 Å². The van der Waals surface area contributed by atoms with Crippen LogP contribution in [0.2, 0.25) is 0 Å². The Morgan fingerprint density at radius 1 is 0.969 bits per heavy atom. The number of esters is 1. The van der Waals surface area contributed by atoms with Crippen molar-refractivity contribution in [3.05, 3.63) is 77.7 Å². The summed E-state index contributed by atoms with van der Waals surface area (Å²) >= 11 is 0. The number of carbonyl (C=O) groups excluding carboxylic acids is 2. The van der Waals surface area contributed by atoms with Gasteiger partial charge in [0.2, 0.25) is 0 Å². The molecule has 0 aliphatic carbocycles. The van der Waals surface area contributed by atoms with Crippen LogP contribution >= 0.6 is 0 Å². The average Bonchev–Trinajstić information content (AvgIpc) is 2.76.